The third kappa shape index (κ3) is 20.9. The van der Waals surface area contributed by atoms with Gasteiger partial charge in [0.25, 0.3) is 0 Å². The minimum Gasteiger partial charge on any atom is -0.550 e. The van der Waals surface area contributed by atoms with Gasteiger partial charge in [0.2, 0.25) is 0 Å². The maximum absolute atomic E-state index is 10.1. The van der Waals surface area contributed by atoms with E-state index in [2.05, 4.69) is 12.6 Å². The number of carbonyl (C=O) groups is 4. The zero-order chi connectivity index (χ0) is 18.3. The average Bonchev–Trinajstić information content (AvgIpc) is 2.24. The van der Waals surface area contributed by atoms with Gasteiger partial charge in [-0.3, -0.25) is 0 Å². The van der Waals surface area contributed by atoms with Gasteiger partial charge >= 0.3 is 118 Å². The van der Waals surface area contributed by atoms with Crippen molar-refractivity contribution in [2.45, 2.75) is 43.1 Å². The second kappa shape index (κ2) is 19.1. The van der Waals surface area contributed by atoms with Gasteiger partial charge in [-0.1, -0.05) is 0 Å². The van der Waals surface area contributed by atoms with Crippen molar-refractivity contribution < 1.29 is 163 Å². The second-order valence-corrected chi connectivity index (χ2v) is 6.02. The summed E-state index contributed by atoms with van der Waals surface area (Å²) in [5.41, 5.74) is 2.18. The molecular weight excluding hydrogens is 414 g/mol. The van der Waals surface area contributed by atoms with Gasteiger partial charge in [0.05, 0.1) is 18.0 Å². The quantitative estimate of drug-likeness (QED) is 0.257. The number of carboxylic acids is 4. The molecule has 10 nitrogen and oxygen atoms in total. The third-order valence-corrected chi connectivity index (χ3v) is 2.55. The van der Waals surface area contributed by atoms with Gasteiger partial charge in [0, 0.05) is 29.5 Å². The Morgan fingerprint density at radius 1 is 0.923 bits per heavy atom. The van der Waals surface area contributed by atoms with Gasteiger partial charge < -0.3 is 50.4 Å². The van der Waals surface area contributed by atoms with E-state index in [9.17, 15) is 39.6 Å². The first-order valence-corrected chi connectivity index (χ1v) is 6.10. The topological polar surface area (TPSA) is 207 Å². The minimum absolute atomic E-state index is 0. The molecule has 0 aliphatic rings. The standard InChI is InChI=1S/C6H8O7.C5H11NO2S.4Na/c7-3(8)1-6(13,5(11)12)2-4(9)10;1-5(2,9)3(6)4(7)8;;;;/h13H,1-2H2,(H,7,8)(H,9,10)(H,11,12);3,9H,6H2,1-2H3,(H,7,8);;;;/q;;4*+1/p-4/t;3-;;;;/m.1..../s1. The molecule has 0 aromatic carbocycles. The Morgan fingerprint density at radius 2 is 1.19 bits per heavy atom. The van der Waals surface area contributed by atoms with Crippen LogP contribution < -0.4 is 144 Å². The van der Waals surface area contributed by atoms with E-state index in [0.717, 1.165) is 0 Å². The number of hydrogen-bond donors (Lipinski definition) is 3. The van der Waals surface area contributed by atoms with Crippen molar-refractivity contribution in [2.75, 3.05) is 0 Å². The van der Waals surface area contributed by atoms with E-state index < -0.39 is 53.1 Å². The summed E-state index contributed by atoms with van der Waals surface area (Å²) >= 11 is 3.94. The van der Waals surface area contributed by atoms with Gasteiger partial charge in [-0.05, 0) is 13.8 Å². The molecule has 0 aliphatic carbocycles. The molecule has 128 valence electrons. The summed E-state index contributed by atoms with van der Waals surface area (Å²) < 4.78 is -0.709. The van der Waals surface area contributed by atoms with Crippen LogP contribution in [0.5, 0.6) is 0 Å². The summed E-state index contributed by atoms with van der Waals surface area (Å²) in [7, 11) is 0. The maximum Gasteiger partial charge on any atom is 1.00 e. The normalized spacial score (nSPS) is 10.7. The summed E-state index contributed by atoms with van der Waals surface area (Å²) in [6.07, 6.45) is -2.72. The number of thiol groups is 1. The summed E-state index contributed by atoms with van der Waals surface area (Å²) in [6.45, 7) is 3.24. The zero-order valence-corrected chi connectivity index (χ0v) is 24.6. The van der Waals surface area contributed by atoms with Crippen LogP contribution in [0.2, 0.25) is 0 Å². The molecule has 0 aromatic heterocycles. The average molecular weight is 429 g/mol. The maximum atomic E-state index is 10.1. The minimum atomic E-state index is -2.97. The number of aliphatic carboxylic acids is 4. The van der Waals surface area contributed by atoms with Crippen molar-refractivity contribution in [3.05, 3.63) is 0 Å². The number of carboxylic acid groups (broad SMARTS) is 4. The van der Waals surface area contributed by atoms with Gasteiger partial charge in [-0.15, -0.1) is 0 Å². The molecule has 0 unspecified atom stereocenters. The Balaban J connectivity index is -0.0000000697. The Labute approximate surface area is 244 Å². The largest absolute Gasteiger partial charge is 1.00 e. The molecule has 0 fully saturated rings. The third-order valence-electron chi connectivity index (χ3n) is 2.27. The van der Waals surface area contributed by atoms with Crippen molar-refractivity contribution >= 4 is 36.5 Å². The molecular formula is C11H15NNa4O9S. The van der Waals surface area contributed by atoms with E-state index in [0.29, 0.717) is 0 Å². The van der Waals surface area contributed by atoms with Crippen molar-refractivity contribution in [2.24, 2.45) is 5.73 Å². The fourth-order valence-electron chi connectivity index (χ4n) is 0.973. The summed E-state index contributed by atoms with van der Waals surface area (Å²) in [6, 6.07) is -1.01. The van der Waals surface area contributed by atoms with Crippen LogP contribution in [0.25, 0.3) is 0 Å². The number of nitrogens with two attached hydrogens (primary N) is 1. The number of rotatable bonds is 7. The van der Waals surface area contributed by atoms with E-state index in [4.69, 9.17) is 10.8 Å². The van der Waals surface area contributed by atoms with Crippen molar-refractivity contribution in [3.63, 3.8) is 0 Å². The van der Waals surface area contributed by atoms with Crippen LogP contribution in [0.4, 0.5) is 0 Å². The number of aliphatic hydroxyl groups is 1. The fourth-order valence-corrected chi connectivity index (χ4v) is 1.08. The monoisotopic (exact) mass is 429 g/mol. The predicted octanol–water partition coefficient (Wildman–Crippen LogP) is -18.5. The molecule has 3 N–H and O–H groups in total. The molecule has 0 heterocycles. The van der Waals surface area contributed by atoms with Crippen LogP contribution in [0.15, 0.2) is 0 Å². The van der Waals surface area contributed by atoms with E-state index in [1.165, 1.54) is 0 Å². The van der Waals surface area contributed by atoms with Crippen LogP contribution in [-0.4, -0.2) is 45.4 Å². The predicted molar refractivity (Wildman–Crippen MR) is 65.3 cm³/mol. The Bertz CT molecular complexity index is 443. The van der Waals surface area contributed by atoms with Gasteiger partial charge in [-0.2, -0.15) is 12.6 Å². The molecule has 0 saturated carbocycles. The van der Waals surface area contributed by atoms with Crippen LogP contribution in [0.3, 0.4) is 0 Å². The van der Waals surface area contributed by atoms with Crippen molar-refractivity contribution in [1.82, 2.24) is 0 Å². The number of hydrogen-bond acceptors (Lipinski definition) is 11. The van der Waals surface area contributed by atoms with Gasteiger partial charge in [-0.25, -0.2) is 0 Å². The van der Waals surface area contributed by atoms with Crippen LogP contribution in [0.1, 0.15) is 26.7 Å². The van der Waals surface area contributed by atoms with Crippen LogP contribution in [-0.2, 0) is 19.2 Å². The first kappa shape index (κ1) is 42.3. The Morgan fingerprint density at radius 3 is 1.27 bits per heavy atom. The molecule has 26 heavy (non-hydrogen) atoms. The molecule has 0 amide bonds. The molecule has 0 spiro atoms. The van der Waals surface area contributed by atoms with E-state index >= 15 is 0 Å². The number of carbonyl (C=O) groups excluding carboxylic acids is 4. The van der Waals surface area contributed by atoms with Crippen molar-refractivity contribution in [3.8, 4) is 0 Å². The van der Waals surface area contributed by atoms with Crippen LogP contribution >= 0.6 is 12.6 Å². The second-order valence-electron chi connectivity index (χ2n) is 4.87. The fraction of sp³-hybridized carbons (Fsp3) is 0.636. The van der Waals surface area contributed by atoms with E-state index in [1.807, 2.05) is 0 Å². The molecule has 0 radical (unpaired) electrons. The Hall–Kier alpha value is 2.15. The molecule has 1 atom stereocenters. The molecule has 0 aliphatic heterocycles. The van der Waals surface area contributed by atoms with Gasteiger partial charge in [0.15, 0.2) is 0 Å². The summed E-state index contributed by atoms with van der Waals surface area (Å²) in [5, 5.41) is 49.0. The van der Waals surface area contributed by atoms with Crippen LogP contribution in [0, 0.1) is 0 Å². The summed E-state index contributed by atoms with van der Waals surface area (Å²) in [4.78, 5) is 40.1. The molecule has 0 rings (SSSR count). The van der Waals surface area contributed by atoms with E-state index in [-0.39, 0.29) is 118 Å². The first-order valence-electron chi connectivity index (χ1n) is 5.66. The zero-order valence-electron chi connectivity index (χ0n) is 15.7. The smallest absolute Gasteiger partial charge is 0.550 e. The molecule has 0 saturated heterocycles. The molecule has 0 bridgehead atoms. The van der Waals surface area contributed by atoms with E-state index in [1.54, 1.807) is 13.8 Å². The van der Waals surface area contributed by atoms with Gasteiger partial charge in [0.1, 0.15) is 5.60 Å². The van der Waals surface area contributed by atoms with Crippen molar-refractivity contribution in [1.29, 1.82) is 0 Å². The summed E-state index contributed by atoms with van der Waals surface area (Å²) in [5.74, 6) is -7.25. The Kier molecular flexibility index (Phi) is 31.1. The SMILES string of the molecule is CC(C)(S)[C@H](N)C(=O)[O-].O=C([O-])CC(O)(CC(=O)[O-])C(=O)[O-].[Na+].[Na+].[Na+].[Na+]. The molecule has 0 aromatic rings. The first-order chi connectivity index (χ1) is 9.63. The molecule has 15 heteroatoms.